The Morgan fingerprint density at radius 1 is 0.848 bits per heavy atom. The molecule has 0 saturated carbocycles. The minimum absolute atomic E-state index is 0.0571. The van der Waals surface area contributed by atoms with Gasteiger partial charge >= 0.3 is 6.18 Å². The number of benzene rings is 3. The molecule has 0 atom stereocenters. The van der Waals surface area contributed by atoms with Gasteiger partial charge in [0.05, 0.1) is 16.8 Å². The summed E-state index contributed by atoms with van der Waals surface area (Å²) in [5, 5.41) is 2.99. The number of carbonyl (C=O) groups is 2. The predicted octanol–water partition coefficient (Wildman–Crippen LogP) is 5.86. The summed E-state index contributed by atoms with van der Waals surface area (Å²) in [4.78, 5) is 27.4. The summed E-state index contributed by atoms with van der Waals surface area (Å²) < 4.78 is 53.2. The molecule has 0 spiro atoms. The van der Waals surface area contributed by atoms with Gasteiger partial charge in [-0.3, -0.25) is 9.59 Å². The van der Waals surface area contributed by atoms with Crippen LogP contribution in [-0.2, 0) is 15.8 Å². The van der Waals surface area contributed by atoms with Crippen molar-refractivity contribution in [2.75, 3.05) is 10.2 Å². The van der Waals surface area contributed by atoms with Crippen LogP contribution >= 0.6 is 0 Å². The van der Waals surface area contributed by atoms with Crippen molar-refractivity contribution in [3.8, 4) is 0 Å². The van der Waals surface area contributed by atoms with Gasteiger partial charge in [-0.2, -0.15) is 13.2 Å². The van der Waals surface area contributed by atoms with Crippen LogP contribution in [0.15, 0.2) is 72.4 Å². The van der Waals surface area contributed by atoms with Gasteiger partial charge in [0.2, 0.25) is 0 Å². The number of alkyl halides is 3. The minimum Gasteiger partial charge on any atom is -0.350 e. The van der Waals surface area contributed by atoms with Gasteiger partial charge in [-0.15, -0.1) is 0 Å². The number of hydrogen-bond donors (Lipinski definition) is 1. The van der Waals surface area contributed by atoms with Crippen LogP contribution in [0.2, 0.25) is 0 Å². The number of halogens is 4. The first-order valence-corrected chi connectivity index (χ1v) is 9.97. The number of hydrogen-bond acceptors (Lipinski definition) is 3. The summed E-state index contributed by atoms with van der Waals surface area (Å²) in [5.41, 5.74) is 1.17. The second-order valence-corrected chi connectivity index (χ2v) is 7.69. The number of nitrogens with one attached hydrogen (secondary N) is 1. The first kappa shape index (κ1) is 22.3. The zero-order chi connectivity index (χ0) is 23.9. The zero-order valence-corrected chi connectivity index (χ0v) is 17.6. The number of carbonyl (C=O) groups excluding carboxylic acids is 2. The van der Waals surface area contributed by atoms with E-state index >= 15 is 0 Å². The molecule has 0 unspecified atom stereocenters. The van der Waals surface area contributed by atoms with Crippen LogP contribution in [0.3, 0.4) is 0 Å². The normalized spacial score (nSPS) is 14.3. The third-order valence-electron chi connectivity index (χ3n) is 5.30. The van der Waals surface area contributed by atoms with Crippen LogP contribution in [0.25, 0.3) is 5.57 Å². The lowest BCUT2D eigenvalue weighted by atomic mass is 10.0. The van der Waals surface area contributed by atoms with E-state index in [9.17, 15) is 27.2 Å². The number of nitrogens with zero attached hydrogens (tertiary/aromatic N) is 1. The second-order valence-electron chi connectivity index (χ2n) is 7.69. The van der Waals surface area contributed by atoms with Gasteiger partial charge in [0.25, 0.3) is 11.8 Å². The van der Waals surface area contributed by atoms with Crippen molar-refractivity contribution in [2.45, 2.75) is 20.0 Å². The molecule has 0 radical (unpaired) electrons. The van der Waals surface area contributed by atoms with E-state index in [0.29, 0.717) is 10.6 Å². The van der Waals surface area contributed by atoms with E-state index in [1.165, 1.54) is 18.2 Å². The van der Waals surface area contributed by atoms with E-state index in [2.05, 4.69) is 5.32 Å². The van der Waals surface area contributed by atoms with Crippen molar-refractivity contribution < 1.29 is 27.2 Å². The van der Waals surface area contributed by atoms with E-state index in [-0.39, 0.29) is 22.5 Å². The Hall–Kier alpha value is -3.94. The molecule has 1 aliphatic heterocycles. The molecule has 2 amide bonds. The summed E-state index contributed by atoms with van der Waals surface area (Å²) in [6.45, 7) is 3.67. The SMILES string of the molecule is Cc1ccc(C)c(NC2=C(c3ccc(F)cc3)C(=O)N(c3cccc(C(F)(F)F)c3)C2=O)c1. The molecule has 0 aliphatic carbocycles. The van der Waals surface area contributed by atoms with Crippen molar-refractivity contribution in [3.63, 3.8) is 0 Å². The molecule has 4 nitrogen and oxygen atoms in total. The van der Waals surface area contributed by atoms with E-state index in [1.54, 1.807) is 6.07 Å². The number of rotatable bonds is 4. The maximum absolute atomic E-state index is 13.5. The van der Waals surface area contributed by atoms with Gasteiger partial charge in [-0.05, 0) is 66.9 Å². The van der Waals surface area contributed by atoms with Crippen LogP contribution in [0.4, 0.5) is 28.9 Å². The molecular formula is C25H18F4N2O2. The average molecular weight is 454 g/mol. The Labute approximate surface area is 187 Å². The average Bonchev–Trinajstić information content (AvgIpc) is 3.00. The number of imide groups is 1. The largest absolute Gasteiger partial charge is 0.416 e. The monoisotopic (exact) mass is 454 g/mol. The zero-order valence-electron chi connectivity index (χ0n) is 17.6. The summed E-state index contributed by atoms with van der Waals surface area (Å²) in [6.07, 6.45) is -4.64. The molecule has 0 fully saturated rings. The highest BCUT2D eigenvalue weighted by molar-refractivity contribution is 6.46. The lowest BCUT2D eigenvalue weighted by molar-refractivity contribution is -0.137. The van der Waals surface area contributed by atoms with Crippen molar-refractivity contribution >= 4 is 28.8 Å². The second kappa shape index (κ2) is 8.20. The Morgan fingerprint density at radius 3 is 2.21 bits per heavy atom. The molecule has 4 rings (SSSR count). The predicted molar refractivity (Wildman–Crippen MR) is 117 cm³/mol. The van der Waals surface area contributed by atoms with E-state index in [4.69, 9.17) is 0 Å². The maximum Gasteiger partial charge on any atom is 0.416 e. The van der Waals surface area contributed by atoms with Gasteiger partial charge in [0.15, 0.2) is 0 Å². The van der Waals surface area contributed by atoms with Crippen molar-refractivity contribution in [1.82, 2.24) is 0 Å². The van der Waals surface area contributed by atoms with E-state index in [0.717, 1.165) is 41.5 Å². The van der Waals surface area contributed by atoms with E-state index < -0.39 is 29.4 Å². The molecule has 33 heavy (non-hydrogen) atoms. The molecule has 1 heterocycles. The highest BCUT2D eigenvalue weighted by Gasteiger charge is 2.41. The molecular weight excluding hydrogens is 436 g/mol. The summed E-state index contributed by atoms with van der Waals surface area (Å²) >= 11 is 0. The summed E-state index contributed by atoms with van der Waals surface area (Å²) in [7, 11) is 0. The van der Waals surface area contributed by atoms with Crippen molar-refractivity contribution in [3.05, 3.63) is 100 Å². The quantitative estimate of drug-likeness (QED) is 0.397. The summed E-state index contributed by atoms with van der Waals surface area (Å²) in [6, 6.07) is 14.5. The Balaban J connectivity index is 1.84. The highest BCUT2D eigenvalue weighted by atomic mass is 19.4. The molecule has 1 N–H and O–H groups in total. The third kappa shape index (κ3) is 4.24. The van der Waals surface area contributed by atoms with Crippen LogP contribution in [-0.4, -0.2) is 11.8 Å². The van der Waals surface area contributed by atoms with Crippen LogP contribution in [0.1, 0.15) is 22.3 Å². The smallest absolute Gasteiger partial charge is 0.350 e. The number of amides is 2. The Morgan fingerprint density at radius 2 is 1.55 bits per heavy atom. The lowest BCUT2D eigenvalue weighted by Crippen LogP contribution is -2.32. The summed E-state index contributed by atoms with van der Waals surface area (Å²) in [5.74, 6) is -2.15. The van der Waals surface area contributed by atoms with Crippen LogP contribution in [0, 0.1) is 19.7 Å². The molecule has 3 aromatic rings. The fraction of sp³-hybridized carbons (Fsp3) is 0.120. The van der Waals surface area contributed by atoms with Gasteiger partial charge in [0, 0.05) is 5.69 Å². The molecule has 0 aromatic heterocycles. The third-order valence-corrected chi connectivity index (χ3v) is 5.30. The van der Waals surface area contributed by atoms with Gasteiger partial charge in [-0.25, -0.2) is 9.29 Å². The van der Waals surface area contributed by atoms with Crippen LogP contribution < -0.4 is 10.2 Å². The molecule has 3 aromatic carbocycles. The maximum atomic E-state index is 13.5. The molecule has 0 bridgehead atoms. The first-order chi connectivity index (χ1) is 15.6. The van der Waals surface area contributed by atoms with Crippen LogP contribution in [0.5, 0.6) is 0 Å². The van der Waals surface area contributed by atoms with Gasteiger partial charge in [-0.1, -0.05) is 30.3 Å². The molecule has 8 heteroatoms. The lowest BCUT2D eigenvalue weighted by Gasteiger charge is -2.17. The number of anilines is 2. The standard InChI is InChI=1S/C25H18F4N2O2/c1-14-6-7-15(2)20(12-14)30-22-21(16-8-10-18(26)11-9-16)23(32)31(24(22)33)19-5-3-4-17(13-19)25(27,28)29/h3-13,30H,1-2H3. The molecule has 0 saturated heterocycles. The first-order valence-electron chi connectivity index (χ1n) is 9.97. The fourth-order valence-electron chi connectivity index (χ4n) is 3.59. The molecule has 1 aliphatic rings. The Kier molecular flexibility index (Phi) is 5.53. The number of aryl methyl sites for hydroxylation is 2. The molecule has 168 valence electrons. The minimum atomic E-state index is -4.64. The van der Waals surface area contributed by atoms with Gasteiger partial charge in [0.1, 0.15) is 11.5 Å². The topological polar surface area (TPSA) is 49.4 Å². The Bertz CT molecular complexity index is 1290. The fourth-order valence-corrected chi connectivity index (χ4v) is 3.59. The van der Waals surface area contributed by atoms with E-state index in [1.807, 2.05) is 26.0 Å². The van der Waals surface area contributed by atoms with Gasteiger partial charge < -0.3 is 5.32 Å². The van der Waals surface area contributed by atoms with Crippen molar-refractivity contribution in [2.24, 2.45) is 0 Å². The van der Waals surface area contributed by atoms with Crippen molar-refractivity contribution in [1.29, 1.82) is 0 Å². The highest BCUT2D eigenvalue weighted by Crippen LogP contribution is 2.37.